The lowest BCUT2D eigenvalue weighted by molar-refractivity contribution is -0.122. The standard InChI is InChI=1S/C22H31N3O.2ClH/c1-4-22(5-2,25-17(3)18-12-8-6-9-13-18)16-24-21(26)20(23)19-14-10-7-11-15-19;;/h6-15,17,20,25H,4-5,16,23H2,1-3H3,(H,24,26);2*1H. The van der Waals surface area contributed by atoms with Crippen molar-refractivity contribution in [2.45, 2.75) is 51.2 Å². The Morgan fingerprint density at radius 3 is 1.86 bits per heavy atom. The smallest absolute Gasteiger partial charge is 0.241 e. The molecule has 2 aromatic carbocycles. The van der Waals surface area contributed by atoms with Crippen molar-refractivity contribution in [2.24, 2.45) is 5.73 Å². The third-order valence-corrected chi connectivity index (χ3v) is 5.22. The van der Waals surface area contributed by atoms with E-state index in [-0.39, 0.29) is 42.3 Å². The maximum absolute atomic E-state index is 12.5. The molecule has 0 saturated carbocycles. The van der Waals surface area contributed by atoms with Crippen LogP contribution in [0.15, 0.2) is 60.7 Å². The molecule has 1 amide bonds. The Hall–Kier alpha value is -1.59. The minimum atomic E-state index is -0.644. The fraction of sp³-hybridized carbons (Fsp3) is 0.409. The van der Waals surface area contributed by atoms with E-state index in [1.54, 1.807) is 0 Å². The molecule has 2 unspecified atom stereocenters. The van der Waals surface area contributed by atoms with Crippen molar-refractivity contribution in [3.05, 3.63) is 71.8 Å². The van der Waals surface area contributed by atoms with Gasteiger partial charge in [-0.05, 0) is 30.9 Å². The van der Waals surface area contributed by atoms with Gasteiger partial charge in [-0.25, -0.2) is 0 Å². The van der Waals surface area contributed by atoms with Crippen LogP contribution >= 0.6 is 24.8 Å². The Morgan fingerprint density at radius 2 is 1.39 bits per heavy atom. The zero-order valence-corrected chi connectivity index (χ0v) is 18.5. The summed E-state index contributed by atoms with van der Waals surface area (Å²) in [5.41, 5.74) is 8.02. The van der Waals surface area contributed by atoms with E-state index in [0.29, 0.717) is 6.54 Å². The van der Waals surface area contributed by atoms with Crippen LogP contribution in [0.2, 0.25) is 0 Å². The highest BCUT2D eigenvalue weighted by Gasteiger charge is 2.29. The summed E-state index contributed by atoms with van der Waals surface area (Å²) >= 11 is 0. The van der Waals surface area contributed by atoms with Crippen LogP contribution in [0.1, 0.15) is 56.8 Å². The number of benzene rings is 2. The van der Waals surface area contributed by atoms with Crippen LogP contribution in [0.5, 0.6) is 0 Å². The number of amides is 1. The second-order valence-corrected chi connectivity index (χ2v) is 6.87. The average Bonchev–Trinajstić information content (AvgIpc) is 2.71. The van der Waals surface area contributed by atoms with Gasteiger partial charge in [0.2, 0.25) is 5.91 Å². The SMILES string of the molecule is CCC(CC)(CNC(=O)C(N)c1ccccc1)NC(C)c1ccccc1.Cl.Cl. The average molecular weight is 426 g/mol. The second-order valence-electron chi connectivity index (χ2n) is 6.87. The Kier molecular flexibility index (Phi) is 12.1. The predicted molar refractivity (Wildman–Crippen MR) is 122 cm³/mol. The van der Waals surface area contributed by atoms with Gasteiger partial charge in [0.05, 0.1) is 0 Å². The third-order valence-electron chi connectivity index (χ3n) is 5.22. The molecule has 6 heteroatoms. The molecule has 4 nitrogen and oxygen atoms in total. The van der Waals surface area contributed by atoms with Crippen LogP contribution in [0, 0.1) is 0 Å². The number of hydrogen-bond donors (Lipinski definition) is 3. The quantitative estimate of drug-likeness (QED) is 0.551. The zero-order valence-electron chi connectivity index (χ0n) is 16.9. The van der Waals surface area contributed by atoms with E-state index in [0.717, 1.165) is 18.4 Å². The third kappa shape index (κ3) is 7.10. The Morgan fingerprint density at radius 1 is 0.929 bits per heavy atom. The zero-order chi connectivity index (χ0) is 19.0. The Balaban J connectivity index is 0.00000364. The van der Waals surface area contributed by atoms with Crippen LogP contribution in [0.25, 0.3) is 0 Å². The first-order chi connectivity index (χ1) is 12.5. The van der Waals surface area contributed by atoms with Gasteiger partial charge < -0.3 is 16.4 Å². The molecule has 0 aliphatic carbocycles. The van der Waals surface area contributed by atoms with E-state index in [2.05, 4.69) is 43.5 Å². The molecule has 0 heterocycles. The maximum Gasteiger partial charge on any atom is 0.241 e. The summed E-state index contributed by atoms with van der Waals surface area (Å²) in [6.07, 6.45) is 1.84. The van der Waals surface area contributed by atoms with Crippen molar-refractivity contribution in [3.63, 3.8) is 0 Å². The molecule has 156 valence electrons. The maximum atomic E-state index is 12.5. The first-order valence-corrected chi connectivity index (χ1v) is 9.42. The highest BCUT2D eigenvalue weighted by Crippen LogP contribution is 2.22. The van der Waals surface area contributed by atoms with Crippen molar-refractivity contribution >= 4 is 30.7 Å². The molecule has 0 aliphatic heterocycles. The van der Waals surface area contributed by atoms with Gasteiger partial charge in [0.1, 0.15) is 6.04 Å². The van der Waals surface area contributed by atoms with Crippen LogP contribution in [0.3, 0.4) is 0 Å². The molecule has 28 heavy (non-hydrogen) atoms. The van der Waals surface area contributed by atoms with E-state index in [1.807, 2.05) is 48.5 Å². The summed E-state index contributed by atoms with van der Waals surface area (Å²) < 4.78 is 0. The lowest BCUT2D eigenvalue weighted by Gasteiger charge is -2.36. The van der Waals surface area contributed by atoms with Crippen molar-refractivity contribution in [3.8, 4) is 0 Å². The molecule has 0 fully saturated rings. The molecular formula is C22H33Cl2N3O. The topological polar surface area (TPSA) is 67.2 Å². The van der Waals surface area contributed by atoms with Gasteiger partial charge in [-0.2, -0.15) is 0 Å². The highest BCUT2D eigenvalue weighted by atomic mass is 35.5. The molecule has 0 radical (unpaired) electrons. The summed E-state index contributed by atoms with van der Waals surface area (Å²) in [6, 6.07) is 19.4. The van der Waals surface area contributed by atoms with Gasteiger partial charge in [-0.15, -0.1) is 24.8 Å². The van der Waals surface area contributed by atoms with Crippen molar-refractivity contribution in [2.75, 3.05) is 6.54 Å². The molecule has 2 atom stereocenters. The van der Waals surface area contributed by atoms with Crippen molar-refractivity contribution in [1.82, 2.24) is 10.6 Å². The summed E-state index contributed by atoms with van der Waals surface area (Å²) in [5, 5.41) is 6.78. The summed E-state index contributed by atoms with van der Waals surface area (Å²) in [7, 11) is 0. The van der Waals surface area contributed by atoms with Crippen molar-refractivity contribution in [1.29, 1.82) is 0 Å². The van der Waals surface area contributed by atoms with Gasteiger partial charge in [-0.1, -0.05) is 74.5 Å². The van der Waals surface area contributed by atoms with Gasteiger partial charge in [0, 0.05) is 18.1 Å². The molecule has 0 bridgehead atoms. The van der Waals surface area contributed by atoms with E-state index in [4.69, 9.17) is 5.73 Å². The Labute approximate surface area is 181 Å². The Bertz CT molecular complexity index is 679. The molecule has 2 aromatic rings. The number of rotatable bonds is 9. The van der Waals surface area contributed by atoms with Crippen LogP contribution < -0.4 is 16.4 Å². The molecule has 0 aliphatic rings. The molecule has 2 rings (SSSR count). The summed E-state index contributed by atoms with van der Waals surface area (Å²) in [5.74, 6) is -0.142. The van der Waals surface area contributed by atoms with E-state index in [1.165, 1.54) is 5.56 Å². The van der Waals surface area contributed by atoms with Gasteiger partial charge in [-0.3, -0.25) is 4.79 Å². The predicted octanol–water partition coefficient (Wildman–Crippen LogP) is 4.56. The van der Waals surface area contributed by atoms with Gasteiger partial charge >= 0.3 is 0 Å². The van der Waals surface area contributed by atoms with E-state index in [9.17, 15) is 4.79 Å². The largest absolute Gasteiger partial charge is 0.353 e. The number of carbonyl (C=O) groups is 1. The number of carbonyl (C=O) groups excluding carboxylic acids is 1. The molecule has 0 aromatic heterocycles. The number of hydrogen-bond acceptors (Lipinski definition) is 3. The van der Waals surface area contributed by atoms with E-state index < -0.39 is 6.04 Å². The number of halogens is 2. The summed E-state index contributed by atoms with van der Waals surface area (Å²) in [4.78, 5) is 12.5. The highest BCUT2D eigenvalue weighted by molar-refractivity contribution is 5.85. The van der Waals surface area contributed by atoms with Crippen LogP contribution in [-0.2, 0) is 4.79 Å². The fourth-order valence-electron chi connectivity index (χ4n) is 3.22. The molecular weight excluding hydrogens is 393 g/mol. The van der Waals surface area contributed by atoms with Crippen LogP contribution in [0.4, 0.5) is 0 Å². The first-order valence-electron chi connectivity index (χ1n) is 9.42. The monoisotopic (exact) mass is 425 g/mol. The molecule has 0 saturated heterocycles. The lowest BCUT2D eigenvalue weighted by atomic mass is 9.90. The number of nitrogens with one attached hydrogen (secondary N) is 2. The minimum Gasteiger partial charge on any atom is -0.353 e. The first kappa shape index (κ1) is 26.4. The molecule has 4 N–H and O–H groups in total. The van der Waals surface area contributed by atoms with Gasteiger partial charge in [0.25, 0.3) is 0 Å². The van der Waals surface area contributed by atoms with Crippen LogP contribution in [-0.4, -0.2) is 18.0 Å². The normalized spacial score (nSPS) is 12.9. The van der Waals surface area contributed by atoms with Crippen molar-refractivity contribution < 1.29 is 4.79 Å². The second kappa shape index (κ2) is 12.8. The lowest BCUT2D eigenvalue weighted by Crippen LogP contribution is -2.54. The molecule has 0 spiro atoms. The number of nitrogens with two attached hydrogens (primary N) is 1. The van der Waals surface area contributed by atoms with E-state index >= 15 is 0 Å². The minimum absolute atomic E-state index is 0. The summed E-state index contributed by atoms with van der Waals surface area (Å²) in [6.45, 7) is 7.01. The fourth-order valence-corrected chi connectivity index (χ4v) is 3.22. The van der Waals surface area contributed by atoms with Gasteiger partial charge in [0.15, 0.2) is 0 Å².